The molecule has 16 heavy (non-hydrogen) atoms. The van der Waals surface area contributed by atoms with Gasteiger partial charge in [-0.1, -0.05) is 0 Å². The predicted octanol–water partition coefficient (Wildman–Crippen LogP) is 1.01. The predicted molar refractivity (Wildman–Crippen MR) is 57.2 cm³/mol. The number of aromatic nitrogens is 1. The first-order valence-corrected chi connectivity index (χ1v) is 5.27. The second kappa shape index (κ2) is 4.00. The Morgan fingerprint density at radius 2 is 2.25 bits per heavy atom. The van der Waals surface area contributed by atoms with Crippen molar-refractivity contribution < 1.29 is 14.7 Å². The normalized spacial score (nSPS) is 15.4. The molecule has 0 spiro atoms. The molecule has 1 aliphatic heterocycles. The minimum absolute atomic E-state index is 0.0333. The van der Waals surface area contributed by atoms with Crippen LogP contribution in [0.1, 0.15) is 35.1 Å². The molecule has 0 atom stereocenters. The highest BCUT2D eigenvalue weighted by molar-refractivity contribution is 5.86. The molecule has 0 saturated heterocycles. The Labute approximate surface area is 93.1 Å². The Hall–Kier alpha value is -1.78. The van der Waals surface area contributed by atoms with Crippen molar-refractivity contribution in [1.29, 1.82) is 0 Å². The van der Waals surface area contributed by atoms with Crippen molar-refractivity contribution >= 4 is 11.9 Å². The number of carboxylic acids is 1. The molecule has 0 aliphatic carbocycles. The monoisotopic (exact) mass is 222 g/mol. The van der Waals surface area contributed by atoms with Crippen molar-refractivity contribution in [3.05, 3.63) is 23.0 Å². The molecule has 1 aromatic rings. The fourth-order valence-electron chi connectivity index (χ4n) is 2.02. The number of aryl methyl sites for hydroxylation is 1. The molecule has 2 heterocycles. The third-order valence-corrected chi connectivity index (χ3v) is 2.88. The molecule has 2 rings (SSSR count). The number of H-pyrrole nitrogens is 1. The molecule has 0 bridgehead atoms. The first-order valence-electron chi connectivity index (χ1n) is 5.27. The van der Waals surface area contributed by atoms with Gasteiger partial charge in [-0.15, -0.1) is 0 Å². The smallest absolute Gasteiger partial charge is 0.352 e. The van der Waals surface area contributed by atoms with Gasteiger partial charge in [-0.25, -0.2) is 4.79 Å². The van der Waals surface area contributed by atoms with Crippen molar-refractivity contribution in [2.45, 2.75) is 26.3 Å². The molecule has 2 N–H and O–H groups in total. The minimum atomic E-state index is -0.956. The summed E-state index contributed by atoms with van der Waals surface area (Å²) in [6.45, 7) is 2.78. The van der Waals surface area contributed by atoms with E-state index in [0.29, 0.717) is 6.54 Å². The van der Waals surface area contributed by atoms with Crippen LogP contribution >= 0.6 is 0 Å². The van der Waals surface area contributed by atoms with Gasteiger partial charge < -0.3 is 15.0 Å². The number of aromatic amines is 1. The number of carbonyl (C=O) groups is 2. The van der Waals surface area contributed by atoms with Crippen LogP contribution in [0.2, 0.25) is 0 Å². The molecular weight excluding hydrogens is 208 g/mol. The first kappa shape index (κ1) is 10.7. The summed E-state index contributed by atoms with van der Waals surface area (Å²) in [5, 5.41) is 8.87. The standard InChI is InChI=1S/C11H14N2O3/c1-7(14)13-4-2-3-9-8(6-13)5-10(12-9)11(15)16/h5,12H,2-4,6H2,1H3,(H,15,16). The van der Waals surface area contributed by atoms with Gasteiger partial charge in [0, 0.05) is 25.7 Å². The van der Waals surface area contributed by atoms with Crippen LogP contribution in [0.15, 0.2) is 6.07 Å². The molecule has 0 unspecified atom stereocenters. The number of carboxylic acid groups (broad SMARTS) is 1. The number of nitrogens with zero attached hydrogens (tertiary/aromatic N) is 1. The fraction of sp³-hybridized carbons (Fsp3) is 0.455. The maximum absolute atomic E-state index is 11.3. The second-order valence-corrected chi connectivity index (χ2v) is 4.04. The highest BCUT2D eigenvalue weighted by Crippen LogP contribution is 2.19. The van der Waals surface area contributed by atoms with Crippen LogP contribution < -0.4 is 0 Å². The van der Waals surface area contributed by atoms with Gasteiger partial charge in [0.15, 0.2) is 0 Å². The topological polar surface area (TPSA) is 73.4 Å². The van der Waals surface area contributed by atoms with E-state index in [1.54, 1.807) is 11.0 Å². The third kappa shape index (κ3) is 1.93. The Morgan fingerprint density at radius 1 is 1.50 bits per heavy atom. The largest absolute Gasteiger partial charge is 0.477 e. The molecule has 1 aromatic heterocycles. The molecule has 0 fully saturated rings. The zero-order valence-corrected chi connectivity index (χ0v) is 9.12. The van der Waals surface area contributed by atoms with Gasteiger partial charge in [0.2, 0.25) is 5.91 Å². The fourth-order valence-corrected chi connectivity index (χ4v) is 2.02. The molecule has 0 aromatic carbocycles. The molecule has 1 amide bonds. The lowest BCUT2D eigenvalue weighted by molar-refractivity contribution is -0.129. The Morgan fingerprint density at radius 3 is 2.88 bits per heavy atom. The van der Waals surface area contributed by atoms with Gasteiger partial charge >= 0.3 is 5.97 Å². The van der Waals surface area contributed by atoms with Crippen LogP contribution in [0.4, 0.5) is 0 Å². The summed E-state index contributed by atoms with van der Waals surface area (Å²) in [5.41, 5.74) is 2.07. The van der Waals surface area contributed by atoms with Crippen LogP contribution in [0.5, 0.6) is 0 Å². The third-order valence-electron chi connectivity index (χ3n) is 2.88. The zero-order chi connectivity index (χ0) is 11.7. The van der Waals surface area contributed by atoms with E-state index in [-0.39, 0.29) is 11.6 Å². The first-order chi connectivity index (χ1) is 7.58. The van der Waals surface area contributed by atoms with Crippen molar-refractivity contribution in [2.75, 3.05) is 6.54 Å². The van der Waals surface area contributed by atoms with E-state index in [0.717, 1.165) is 30.6 Å². The minimum Gasteiger partial charge on any atom is -0.477 e. The number of hydrogen-bond donors (Lipinski definition) is 2. The van der Waals surface area contributed by atoms with E-state index in [9.17, 15) is 9.59 Å². The average Bonchev–Trinajstić information content (AvgIpc) is 2.50. The molecule has 0 radical (unpaired) electrons. The second-order valence-electron chi connectivity index (χ2n) is 4.04. The van der Waals surface area contributed by atoms with Crippen LogP contribution in [-0.2, 0) is 17.8 Å². The Bertz CT molecular complexity index is 436. The zero-order valence-electron chi connectivity index (χ0n) is 9.12. The van der Waals surface area contributed by atoms with E-state index in [4.69, 9.17) is 5.11 Å². The van der Waals surface area contributed by atoms with Crippen molar-refractivity contribution in [2.24, 2.45) is 0 Å². The lowest BCUT2D eigenvalue weighted by atomic mass is 10.2. The van der Waals surface area contributed by atoms with Crippen LogP contribution in [0, 0.1) is 0 Å². The van der Waals surface area contributed by atoms with E-state index in [2.05, 4.69) is 4.98 Å². The molecule has 5 heteroatoms. The SMILES string of the molecule is CC(=O)N1CCCc2[nH]c(C(=O)O)cc2C1. The number of amides is 1. The summed E-state index contributed by atoms with van der Waals surface area (Å²) in [4.78, 5) is 26.7. The molecule has 1 aliphatic rings. The molecular formula is C11H14N2O3. The lowest BCUT2D eigenvalue weighted by Crippen LogP contribution is -2.28. The van der Waals surface area contributed by atoms with E-state index in [1.807, 2.05) is 0 Å². The van der Waals surface area contributed by atoms with Crippen LogP contribution in [0.25, 0.3) is 0 Å². The average molecular weight is 222 g/mol. The van der Waals surface area contributed by atoms with Gasteiger partial charge in [0.25, 0.3) is 0 Å². The van der Waals surface area contributed by atoms with E-state index >= 15 is 0 Å². The number of rotatable bonds is 1. The number of hydrogen-bond acceptors (Lipinski definition) is 2. The Balaban J connectivity index is 2.28. The highest BCUT2D eigenvalue weighted by Gasteiger charge is 2.19. The van der Waals surface area contributed by atoms with Gasteiger partial charge in [-0.2, -0.15) is 0 Å². The number of aromatic carboxylic acids is 1. The van der Waals surface area contributed by atoms with Crippen molar-refractivity contribution in [3.63, 3.8) is 0 Å². The maximum atomic E-state index is 11.3. The summed E-state index contributed by atoms with van der Waals surface area (Å²) in [6, 6.07) is 1.62. The Kier molecular flexibility index (Phi) is 2.68. The quantitative estimate of drug-likeness (QED) is 0.744. The van der Waals surface area contributed by atoms with E-state index in [1.165, 1.54) is 6.92 Å². The lowest BCUT2D eigenvalue weighted by Gasteiger charge is -2.17. The van der Waals surface area contributed by atoms with Crippen molar-refractivity contribution in [3.8, 4) is 0 Å². The summed E-state index contributed by atoms with van der Waals surface area (Å²) >= 11 is 0. The van der Waals surface area contributed by atoms with Crippen LogP contribution in [0.3, 0.4) is 0 Å². The maximum Gasteiger partial charge on any atom is 0.352 e. The van der Waals surface area contributed by atoms with Gasteiger partial charge in [-0.3, -0.25) is 4.79 Å². The molecule has 0 saturated carbocycles. The highest BCUT2D eigenvalue weighted by atomic mass is 16.4. The number of carbonyl (C=O) groups excluding carboxylic acids is 1. The van der Waals surface area contributed by atoms with Crippen LogP contribution in [-0.4, -0.2) is 33.4 Å². The van der Waals surface area contributed by atoms with Gasteiger partial charge in [0.1, 0.15) is 5.69 Å². The molecule has 5 nitrogen and oxygen atoms in total. The van der Waals surface area contributed by atoms with Gasteiger partial charge in [-0.05, 0) is 24.5 Å². The molecule has 86 valence electrons. The summed E-state index contributed by atoms with van der Waals surface area (Å²) in [5.74, 6) is -0.923. The van der Waals surface area contributed by atoms with Gasteiger partial charge in [0.05, 0.1) is 0 Å². The van der Waals surface area contributed by atoms with Crippen molar-refractivity contribution in [1.82, 2.24) is 9.88 Å². The summed E-state index contributed by atoms with van der Waals surface area (Å²) in [7, 11) is 0. The summed E-state index contributed by atoms with van der Waals surface area (Å²) < 4.78 is 0. The summed E-state index contributed by atoms with van der Waals surface area (Å²) in [6.07, 6.45) is 1.67. The number of fused-ring (bicyclic) bond motifs is 1. The number of nitrogens with one attached hydrogen (secondary N) is 1. The van der Waals surface area contributed by atoms with E-state index < -0.39 is 5.97 Å².